The summed E-state index contributed by atoms with van der Waals surface area (Å²) in [6, 6.07) is 12.0. The smallest absolute Gasteiger partial charge is 0.0449 e. The molecule has 0 amide bonds. The van der Waals surface area contributed by atoms with Gasteiger partial charge in [0.2, 0.25) is 0 Å². The lowest BCUT2D eigenvalue weighted by molar-refractivity contribution is 0.0933. The van der Waals surface area contributed by atoms with Crippen molar-refractivity contribution < 1.29 is 0 Å². The summed E-state index contributed by atoms with van der Waals surface area (Å²) in [5.74, 6) is 1.50. The zero-order chi connectivity index (χ0) is 14.5. The highest BCUT2D eigenvalue weighted by Gasteiger charge is 2.30. The fourth-order valence-electron chi connectivity index (χ4n) is 3.07. The van der Waals surface area contributed by atoms with Crippen molar-refractivity contribution >= 4 is 0 Å². The molecule has 2 rings (SSSR count). The van der Waals surface area contributed by atoms with Gasteiger partial charge in [-0.25, -0.2) is 0 Å². The highest BCUT2D eigenvalue weighted by atomic mass is 15.2. The van der Waals surface area contributed by atoms with Gasteiger partial charge in [0, 0.05) is 25.2 Å². The van der Waals surface area contributed by atoms with E-state index < -0.39 is 0 Å². The fraction of sp³-hybridized carbons (Fsp3) is 0.667. The van der Waals surface area contributed by atoms with E-state index in [0.29, 0.717) is 18.0 Å². The Kier molecular flexibility index (Phi) is 5.62. The maximum Gasteiger partial charge on any atom is 0.0449 e. The Morgan fingerprint density at radius 2 is 1.85 bits per heavy atom. The van der Waals surface area contributed by atoms with E-state index in [4.69, 9.17) is 0 Å². The molecule has 0 radical (unpaired) electrons. The van der Waals surface area contributed by atoms with Crippen LogP contribution in [-0.4, -0.2) is 30.6 Å². The molecule has 1 aliphatic rings. The molecule has 1 fully saturated rings. The SMILES string of the molecule is CC(C)CCN1CC(c2ccccc2)NCC1C(C)C. The molecule has 1 saturated heterocycles. The first-order valence-electron chi connectivity index (χ1n) is 8.10. The van der Waals surface area contributed by atoms with Gasteiger partial charge in [0.1, 0.15) is 0 Å². The fourth-order valence-corrected chi connectivity index (χ4v) is 3.07. The van der Waals surface area contributed by atoms with Gasteiger partial charge < -0.3 is 5.32 Å². The number of nitrogens with zero attached hydrogens (tertiary/aromatic N) is 1. The van der Waals surface area contributed by atoms with Crippen molar-refractivity contribution in [3.63, 3.8) is 0 Å². The van der Waals surface area contributed by atoms with E-state index in [9.17, 15) is 0 Å². The number of hydrogen-bond acceptors (Lipinski definition) is 2. The summed E-state index contributed by atoms with van der Waals surface area (Å²) in [6.45, 7) is 12.8. The second-order valence-electron chi connectivity index (χ2n) is 6.86. The Hall–Kier alpha value is -0.860. The van der Waals surface area contributed by atoms with Crippen LogP contribution >= 0.6 is 0 Å². The summed E-state index contributed by atoms with van der Waals surface area (Å²) in [7, 11) is 0. The zero-order valence-corrected chi connectivity index (χ0v) is 13.5. The van der Waals surface area contributed by atoms with Gasteiger partial charge in [-0.05, 0) is 30.4 Å². The molecule has 1 aromatic carbocycles. The van der Waals surface area contributed by atoms with Crippen LogP contribution in [0.4, 0.5) is 0 Å². The molecule has 2 heteroatoms. The molecular formula is C18H30N2. The zero-order valence-electron chi connectivity index (χ0n) is 13.5. The summed E-state index contributed by atoms with van der Waals surface area (Å²) < 4.78 is 0. The minimum atomic E-state index is 0.485. The number of hydrogen-bond donors (Lipinski definition) is 1. The van der Waals surface area contributed by atoms with E-state index in [-0.39, 0.29) is 0 Å². The molecule has 0 aliphatic carbocycles. The number of rotatable bonds is 5. The minimum Gasteiger partial charge on any atom is -0.307 e. The van der Waals surface area contributed by atoms with E-state index in [1.54, 1.807) is 0 Å². The number of nitrogens with one attached hydrogen (secondary N) is 1. The largest absolute Gasteiger partial charge is 0.307 e. The number of piperazine rings is 1. The van der Waals surface area contributed by atoms with E-state index in [1.165, 1.54) is 18.5 Å². The van der Waals surface area contributed by atoms with Gasteiger partial charge >= 0.3 is 0 Å². The summed E-state index contributed by atoms with van der Waals surface area (Å²) in [6.07, 6.45) is 1.30. The Morgan fingerprint density at radius 3 is 2.45 bits per heavy atom. The number of benzene rings is 1. The topological polar surface area (TPSA) is 15.3 Å². The maximum atomic E-state index is 3.74. The second-order valence-corrected chi connectivity index (χ2v) is 6.86. The predicted octanol–water partition coefficient (Wildman–Crippen LogP) is 3.70. The first kappa shape index (κ1) is 15.5. The van der Waals surface area contributed by atoms with Gasteiger partial charge in [-0.1, -0.05) is 58.0 Å². The van der Waals surface area contributed by atoms with Crippen LogP contribution in [0.5, 0.6) is 0 Å². The molecule has 2 unspecified atom stereocenters. The Balaban J connectivity index is 2.03. The van der Waals surface area contributed by atoms with Crippen LogP contribution in [0.2, 0.25) is 0 Å². The molecular weight excluding hydrogens is 244 g/mol. The third kappa shape index (κ3) is 4.07. The quantitative estimate of drug-likeness (QED) is 0.880. The Morgan fingerprint density at radius 1 is 1.15 bits per heavy atom. The van der Waals surface area contributed by atoms with Crippen molar-refractivity contribution in [2.75, 3.05) is 19.6 Å². The Labute approximate surface area is 124 Å². The van der Waals surface area contributed by atoms with Crippen molar-refractivity contribution in [2.45, 2.75) is 46.2 Å². The summed E-state index contributed by atoms with van der Waals surface area (Å²) in [5, 5.41) is 3.74. The van der Waals surface area contributed by atoms with E-state index in [1.807, 2.05) is 0 Å². The van der Waals surface area contributed by atoms with E-state index >= 15 is 0 Å². The van der Waals surface area contributed by atoms with Gasteiger partial charge in [-0.3, -0.25) is 4.90 Å². The molecule has 1 heterocycles. The molecule has 1 aliphatic heterocycles. The first-order valence-corrected chi connectivity index (χ1v) is 8.10. The lowest BCUT2D eigenvalue weighted by Crippen LogP contribution is -2.55. The van der Waals surface area contributed by atoms with Gasteiger partial charge in [-0.2, -0.15) is 0 Å². The van der Waals surface area contributed by atoms with Gasteiger partial charge in [0.05, 0.1) is 0 Å². The van der Waals surface area contributed by atoms with Crippen LogP contribution in [0.1, 0.15) is 45.7 Å². The van der Waals surface area contributed by atoms with Crippen LogP contribution in [0.25, 0.3) is 0 Å². The van der Waals surface area contributed by atoms with Crippen molar-refractivity contribution in [3.8, 4) is 0 Å². The standard InChI is InChI=1S/C18H30N2/c1-14(2)10-11-20-13-17(16-8-6-5-7-9-16)19-12-18(20)15(3)4/h5-9,14-15,17-19H,10-13H2,1-4H3. The lowest BCUT2D eigenvalue weighted by Gasteiger charge is -2.43. The van der Waals surface area contributed by atoms with Gasteiger partial charge in [0.25, 0.3) is 0 Å². The molecule has 0 aromatic heterocycles. The summed E-state index contributed by atoms with van der Waals surface area (Å²) >= 11 is 0. The highest BCUT2D eigenvalue weighted by molar-refractivity contribution is 5.20. The van der Waals surface area contributed by atoms with Crippen LogP contribution in [-0.2, 0) is 0 Å². The predicted molar refractivity (Wildman–Crippen MR) is 86.8 cm³/mol. The van der Waals surface area contributed by atoms with E-state index in [0.717, 1.165) is 19.0 Å². The molecule has 2 atom stereocenters. The second kappa shape index (κ2) is 7.24. The molecule has 2 nitrogen and oxygen atoms in total. The lowest BCUT2D eigenvalue weighted by atomic mass is 9.95. The molecule has 0 bridgehead atoms. The maximum absolute atomic E-state index is 3.74. The van der Waals surface area contributed by atoms with Crippen LogP contribution < -0.4 is 5.32 Å². The first-order chi connectivity index (χ1) is 9.58. The summed E-state index contributed by atoms with van der Waals surface area (Å²) in [5.41, 5.74) is 1.42. The van der Waals surface area contributed by atoms with Crippen LogP contribution in [0.3, 0.4) is 0 Å². The third-order valence-electron chi connectivity index (χ3n) is 4.42. The molecule has 0 spiro atoms. The molecule has 1 N–H and O–H groups in total. The van der Waals surface area contributed by atoms with Crippen molar-refractivity contribution in [3.05, 3.63) is 35.9 Å². The third-order valence-corrected chi connectivity index (χ3v) is 4.42. The monoisotopic (exact) mass is 274 g/mol. The molecule has 112 valence electrons. The normalized spacial score (nSPS) is 24.5. The highest BCUT2D eigenvalue weighted by Crippen LogP contribution is 2.23. The van der Waals surface area contributed by atoms with Crippen LogP contribution in [0.15, 0.2) is 30.3 Å². The van der Waals surface area contributed by atoms with Crippen molar-refractivity contribution in [1.82, 2.24) is 10.2 Å². The average Bonchev–Trinajstić information content (AvgIpc) is 2.45. The minimum absolute atomic E-state index is 0.485. The summed E-state index contributed by atoms with van der Waals surface area (Å²) in [4.78, 5) is 2.71. The van der Waals surface area contributed by atoms with Gasteiger partial charge in [-0.15, -0.1) is 0 Å². The van der Waals surface area contributed by atoms with E-state index in [2.05, 4.69) is 68.2 Å². The average molecular weight is 274 g/mol. The Bertz CT molecular complexity index is 386. The molecule has 1 aromatic rings. The molecule has 20 heavy (non-hydrogen) atoms. The van der Waals surface area contributed by atoms with Crippen molar-refractivity contribution in [2.24, 2.45) is 11.8 Å². The van der Waals surface area contributed by atoms with Gasteiger partial charge in [0.15, 0.2) is 0 Å². The molecule has 0 saturated carbocycles. The van der Waals surface area contributed by atoms with Crippen LogP contribution in [0, 0.1) is 11.8 Å². The van der Waals surface area contributed by atoms with Crippen molar-refractivity contribution in [1.29, 1.82) is 0 Å².